The minimum Gasteiger partial charge on any atom is -0.357 e. The largest absolute Gasteiger partial charge is 0.357 e. The molecule has 0 radical (unpaired) electrons. The van der Waals surface area contributed by atoms with Gasteiger partial charge in [0.1, 0.15) is 0 Å². The summed E-state index contributed by atoms with van der Waals surface area (Å²) in [5, 5.41) is 6.69. The van der Waals surface area contributed by atoms with E-state index in [9.17, 15) is 0 Å². The quantitative estimate of drug-likeness (QED) is 0.276. The number of aryl methyl sites for hydroxylation is 1. The first-order valence-corrected chi connectivity index (χ1v) is 12.0. The number of halogens is 1. The second-order valence-corrected chi connectivity index (χ2v) is 9.26. The standard InChI is InChI=1S/C21H27N7S2.HI/c1-3-22-20(27-11-13-28(14-12-27)21-23-8-4-9-24-21)25-10-7-17-5-6-19(30-17)18-15-29-16(2)26-18;/h4-6,8-9,15H,3,7,10-14H2,1-2H3,(H,22,25);1H. The van der Waals surface area contributed by atoms with Crippen molar-refractivity contribution in [1.82, 2.24) is 25.2 Å². The molecule has 0 aromatic carbocycles. The molecular formula is C21H28IN7S2. The van der Waals surface area contributed by atoms with Gasteiger partial charge >= 0.3 is 0 Å². The minimum atomic E-state index is 0. The number of anilines is 1. The minimum absolute atomic E-state index is 0. The maximum absolute atomic E-state index is 4.89. The van der Waals surface area contributed by atoms with Crippen molar-refractivity contribution in [1.29, 1.82) is 0 Å². The van der Waals surface area contributed by atoms with Gasteiger partial charge in [0.25, 0.3) is 0 Å². The van der Waals surface area contributed by atoms with Gasteiger partial charge in [0.2, 0.25) is 5.95 Å². The summed E-state index contributed by atoms with van der Waals surface area (Å²) in [6, 6.07) is 6.23. The van der Waals surface area contributed by atoms with E-state index in [1.807, 2.05) is 24.3 Å². The van der Waals surface area contributed by atoms with Gasteiger partial charge in [-0.1, -0.05) is 0 Å². The first-order valence-electron chi connectivity index (χ1n) is 10.3. The van der Waals surface area contributed by atoms with Gasteiger partial charge in [0.15, 0.2) is 5.96 Å². The number of aromatic nitrogens is 3. The van der Waals surface area contributed by atoms with Crippen LogP contribution in [-0.4, -0.2) is 65.1 Å². The van der Waals surface area contributed by atoms with Gasteiger partial charge < -0.3 is 15.1 Å². The number of guanidine groups is 1. The lowest BCUT2D eigenvalue weighted by atomic mass is 10.3. The fourth-order valence-corrected chi connectivity index (χ4v) is 5.04. The Balaban J connectivity index is 0.00000272. The van der Waals surface area contributed by atoms with Crippen LogP contribution < -0.4 is 10.2 Å². The third-order valence-corrected chi connectivity index (χ3v) is 6.84. The van der Waals surface area contributed by atoms with Gasteiger partial charge in [-0.3, -0.25) is 4.99 Å². The molecule has 31 heavy (non-hydrogen) atoms. The van der Waals surface area contributed by atoms with Gasteiger partial charge in [0.05, 0.1) is 15.6 Å². The molecule has 0 spiro atoms. The zero-order valence-corrected chi connectivity index (χ0v) is 21.8. The average molecular weight is 570 g/mol. The van der Waals surface area contributed by atoms with E-state index in [0.29, 0.717) is 0 Å². The molecule has 1 N–H and O–H groups in total. The molecule has 0 atom stereocenters. The van der Waals surface area contributed by atoms with Gasteiger partial charge in [0, 0.05) is 68.3 Å². The number of rotatable bonds is 6. The van der Waals surface area contributed by atoms with Gasteiger partial charge in [-0.25, -0.2) is 15.0 Å². The summed E-state index contributed by atoms with van der Waals surface area (Å²) < 4.78 is 0. The zero-order valence-electron chi connectivity index (χ0n) is 17.8. The molecule has 0 amide bonds. The summed E-state index contributed by atoms with van der Waals surface area (Å²) in [4.78, 5) is 25.4. The summed E-state index contributed by atoms with van der Waals surface area (Å²) >= 11 is 3.52. The van der Waals surface area contributed by atoms with Crippen LogP contribution in [0.1, 0.15) is 16.8 Å². The Hall–Kier alpha value is -1.79. The van der Waals surface area contributed by atoms with Crippen molar-refractivity contribution in [3.8, 4) is 10.6 Å². The van der Waals surface area contributed by atoms with Crippen molar-refractivity contribution in [2.45, 2.75) is 20.3 Å². The summed E-state index contributed by atoms with van der Waals surface area (Å²) in [6.07, 6.45) is 4.54. The van der Waals surface area contributed by atoms with E-state index >= 15 is 0 Å². The molecule has 10 heteroatoms. The van der Waals surface area contributed by atoms with Crippen LogP contribution in [0.15, 0.2) is 41.0 Å². The lowest BCUT2D eigenvalue weighted by Crippen LogP contribution is -2.53. The second-order valence-electron chi connectivity index (χ2n) is 7.03. The van der Waals surface area contributed by atoms with E-state index in [4.69, 9.17) is 4.99 Å². The normalized spacial score (nSPS) is 14.5. The lowest BCUT2D eigenvalue weighted by molar-refractivity contribution is 0.370. The highest BCUT2D eigenvalue weighted by Crippen LogP contribution is 2.29. The molecule has 3 aromatic rings. The maximum atomic E-state index is 4.89. The molecule has 4 rings (SSSR count). The van der Waals surface area contributed by atoms with Crippen molar-refractivity contribution < 1.29 is 0 Å². The first kappa shape index (κ1) is 23.9. The zero-order chi connectivity index (χ0) is 20.8. The van der Waals surface area contributed by atoms with Crippen LogP contribution >= 0.6 is 46.7 Å². The Morgan fingerprint density at radius 3 is 2.61 bits per heavy atom. The van der Waals surface area contributed by atoms with E-state index in [2.05, 4.69) is 54.5 Å². The van der Waals surface area contributed by atoms with Crippen molar-refractivity contribution in [2.24, 2.45) is 4.99 Å². The second kappa shape index (κ2) is 11.7. The third kappa shape index (κ3) is 6.36. The number of hydrogen-bond acceptors (Lipinski definition) is 7. The van der Waals surface area contributed by atoms with Gasteiger partial charge in [-0.15, -0.1) is 46.7 Å². The molecular weight excluding hydrogens is 541 g/mol. The predicted molar refractivity (Wildman–Crippen MR) is 141 cm³/mol. The first-order chi connectivity index (χ1) is 14.7. The van der Waals surface area contributed by atoms with E-state index in [-0.39, 0.29) is 24.0 Å². The molecule has 1 saturated heterocycles. The number of piperazine rings is 1. The number of nitrogens with one attached hydrogen (secondary N) is 1. The molecule has 0 unspecified atom stereocenters. The summed E-state index contributed by atoms with van der Waals surface area (Å²) in [5.41, 5.74) is 1.09. The molecule has 4 heterocycles. The number of thiazole rings is 1. The summed E-state index contributed by atoms with van der Waals surface area (Å²) in [7, 11) is 0. The van der Waals surface area contributed by atoms with Crippen molar-refractivity contribution in [3.63, 3.8) is 0 Å². The van der Waals surface area contributed by atoms with E-state index in [0.717, 1.165) is 68.3 Å². The molecule has 0 saturated carbocycles. The molecule has 7 nitrogen and oxygen atoms in total. The Bertz CT molecular complexity index is 965. The van der Waals surface area contributed by atoms with E-state index < -0.39 is 0 Å². The highest BCUT2D eigenvalue weighted by atomic mass is 127. The number of nitrogens with zero attached hydrogens (tertiary/aromatic N) is 6. The predicted octanol–water partition coefficient (Wildman–Crippen LogP) is 3.92. The Morgan fingerprint density at radius 1 is 1.16 bits per heavy atom. The van der Waals surface area contributed by atoms with Crippen molar-refractivity contribution in [2.75, 3.05) is 44.2 Å². The van der Waals surface area contributed by atoms with Crippen molar-refractivity contribution >= 4 is 58.6 Å². The molecule has 166 valence electrons. The number of hydrogen-bond donors (Lipinski definition) is 1. The van der Waals surface area contributed by atoms with Gasteiger partial charge in [-0.05, 0) is 32.0 Å². The third-order valence-electron chi connectivity index (χ3n) is 4.90. The average Bonchev–Trinajstić information content (AvgIpc) is 3.43. The fraction of sp³-hybridized carbons (Fsp3) is 0.429. The smallest absolute Gasteiger partial charge is 0.225 e. The number of thiophene rings is 1. The molecule has 1 aliphatic heterocycles. The molecule has 0 aliphatic carbocycles. The Labute approximate surface area is 208 Å². The topological polar surface area (TPSA) is 69.5 Å². The van der Waals surface area contributed by atoms with Gasteiger partial charge in [-0.2, -0.15) is 0 Å². The molecule has 1 fully saturated rings. The summed E-state index contributed by atoms with van der Waals surface area (Å²) in [6.45, 7) is 9.43. The number of aliphatic imine (C=N–C) groups is 1. The van der Waals surface area contributed by atoms with E-state index in [1.165, 1.54) is 9.75 Å². The SMILES string of the molecule is CCNC(=NCCc1ccc(-c2csc(C)n2)s1)N1CCN(c2ncccn2)CC1.I. The summed E-state index contributed by atoms with van der Waals surface area (Å²) in [5.74, 6) is 1.81. The monoisotopic (exact) mass is 569 g/mol. The maximum Gasteiger partial charge on any atom is 0.225 e. The Morgan fingerprint density at radius 2 is 1.94 bits per heavy atom. The van der Waals surface area contributed by atoms with Crippen LogP contribution in [0.4, 0.5) is 5.95 Å². The van der Waals surface area contributed by atoms with Crippen LogP contribution in [0, 0.1) is 6.92 Å². The molecule has 1 aliphatic rings. The molecule has 3 aromatic heterocycles. The fourth-order valence-electron chi connectivity index (χ4n) is 3.40. The van der Waals surface area contributed by atoms with Crippen LogP contribution in [0.5, 0.6) is 0 Å². The van der Waals surface area contributed by atoms with Crippen molar-refractivity contribution in [3.05, 3.63) is 45.9 Å². The van der Waals surface area contributed by atoms with Crippen LogP contribution in [-0.2, 0) is 6.42 Å². The van der Waals surface area contributed by atoms with Crippen LogP contribution in [0.3, 0.4) is 0 Å². The lowest BCUT2D eigenvalue weighted by Gasteiger charge is -2.36. The highest BCUT2D eigenvalue weighted by molar-refractivity contribution is 14.0. The Kier molecular flexibility index (Phi) is 9.02. The molecule has 0 bridgehead atoms. The van der Waals surface area contributed by atoms with Crippen LogP contribution in [0.25, 0.3) is 10.6 Å². The van der Waals surface area contributed by atoms with Crippen LogP contribution in [0.2, 0.25) is 0 Å². The van der Waals surface area contributed by atoms with E-state index in [1.54, 1.807) is 23.7 Å². The highest BCUT2D eigenvalue weighted by Gasteiger charge is 2.21.